The molecule has 6 aliphatic heterocycles. The molecule has 0 aromatic heterocycles. The maximum Gasteiger partial charge on any atom is 0.335 e. The van der Waals surface area contributed by atoms with Gasteiger partial charge in [0.15, 0.2) is 43.8 Å². The molecule has 81 heavy (non-hydrogen) atoms. The largest absolute Gasteiger partial charge is 0.479 e. The number of carbonyl (C=O) groups excluding carboxylic acids is 2. The number of aliphatic hydroxyl groups is 18. The molecule has 30 atom stereocenters. The minimum absolute atomic E-state index is 0.0438. The number of unbranched alkanes of at least 4 members (excludes halogenated alkanes) is 1. The highest BCUT2D eigenvalue weighted by atomic mass is 16.8. The molecule has 1 amide bonds. The molecular formula is C46H77NO34. The Morgan fingerprint density at radius 2 is 0.716 bits per heavy atom. The predicted octanol–water partition coefficient (Wildman–Crippen LogP) is -12.3. The Kier molecular flexibility index (Phi) is 25.6. The van der Waals surface area contributed by atoms with E-state index in [4.69, 9.17) is 56.8 Å². The fourth-order valence-electron chi connectivity index (χ4n) is 9.85. The van der Waals surface area contributed by atoms with Crippen molar-refractivity contribution in [3.05, 3.63) is 0 Å². The number of Topliss-reactive ketones (excluding diaryl/α,β-unsaturated/α-hetero) is 1. The smallest absolute Gasteiger partial charge is 0.335 e. The lowest BCUT2D eigenvalue weighted by Crippen LogP contribution is -2.68. The molecule has 6 heterocycles. The number of ketones is 1. The number of aliphatic carboxylic acids is 1. The van der Waals surface area contributed by atoms with Crippen molar-refractivity contribution in [3.8, 4) is 0 Å². The van der Waals surface area contributed by atoms with E-state index in [9.17, 15) is 111 Å². The highest BCUT2D eigenvalue weighted by molar-refractivity contribution is 5.78. The molecule has 470 valence electrons. The number of nitrogens with one attached hydrogen (secondary N) is 1. The van der Waals surface area contributed by atoms with Gasteiger partial charge in [0.1, 0.15) is 146 Å². The number of amides is 1. The van der Waals surface area contributed by atoms with Gasteiger partial charge in [-0.3, -0.25) is 9.59 Å². The molecule has 0 bridgehead atoms. The first kappa shape index (κ1) is 67.5. The molecule has 6 rings (SSSR count). The van der Waals surface area contributed by atoms with Crippen LogP contribution in [0.25, 0.3) is 0 Å². The average Bonchev–Trinajstić information content (AvgIpc) is 3.56. The van der Waals surface area contributed by atoms with Crippen molar-refractivity contribution < 1.29 is 168 Å². The predicted molar refractivity (Wildman–Crippen MR) is 250 cm³/mol. The third-order valence-electron chi connectivity index (χ3n) is 14.6. The minimum atomic E-state index is -2.38. The lowest BCUT2D eigenvalue weighted by atomic mass is 9.95. The summed E-state index contributed by atoms with van der Waals surface area (Å²) in [6.45, 7) is -3.44. The van der Waals surface area contributed by atoms with E-state index in [0.717, 1.165) is 0 Å². The number of hydrogen-bond donors (Lipinski definition) is 20. The van der Waals surface area contributed by atoms with Gasteiger partial charge in [-0.15, -0.1) is 0 Å². The highest BCUT2D eigenvalue weighted by Gasteiger charge is 2.58. The van der Waals surface area contributed by atoms with Gasteiger partial charge in [0.05, 0.1) is 39.6 Å². The van der Waals surface area contributed by atoms with Crippen LogP contribution in [0.15, 0.2) is 0 Å². The van der Waals surface area contributed by atoms with Gasteiger partial charge in [-0.05, 0) is 12.8 Å². The lowest BCUT2D eigenvalue weighted by molar-refractivity contribution is -0.393. The molecule has 12 unspecified atom stereocenters. The normalized spacial score (nSPS) is 46.0. The SMILES string of the molecule is CCC(=O)CCCCC(=O)NCCO[C@H]1OC(CO)[C@H](O[C@H]2OC(CO)[C@@H](O[C@@H]3OC(CO)[C@@H](O[C@@H]4OC(C(=O)O)[C@@H](O[C@H]5OC(CO)[C@H](O[C@H]6OC(CO)[C@@H](O)[C@H](O)C6O)[C@H](O)C5O)[C@H](O)C4O)[C@H](O)C3O)[C@H](O)C2O)[C@H](O)C1O. The first-order valence-corrected chi connectivity index (χ1v) is 26.2. The zero-order valence-corrected chi connectivity index (χ0v) is 43.4. The maximum absolute atomic E-state index is 12.6. The van der Waals surface area contributed by atoms with Crippen LogP contribution in [-0.4, -0.2) is 345 Å². The number of rotatable bonds is 26. The first-order valence-electron chi connectivity index (χ1n) is 26.2. The molecule has 0 radical (unpaired) electrons. The molecule has 6 fully saturated rings. The van der Waals surface area contributed by atoms with Gasteiger partial charge in [0, 0.05) is 25.8 Å². The number of carboxylic acid groups (broad SMARTS) is 1. The van der Waals surface area contributed by atoms with Crippen molar-refractivity contribution in [2.45, 2.75) is 223 Å². The summed E-state index contributed by atoms with van der Waals surface area (Å²) in [4.78, 5) is 36.2. The Morgan fingerprint density at radius 1 is 0.395 bits per heavy atom. The molecule has 0 aromatic carbocycles. The van der Waals surface area contributed by atoms with E-state index < -0.39 is 223 Å². The zero-order valence-electron chi connectivity index (χ0n) is 43.4. The van der Waals surface area contributed by atoms with Crippen molar-refractivity contribution in [2.75, 3.05) is 46.2 Å². The summed E-state index contributed by atoms with van der Waals surface area (Å²) < 4.78 is 66.4. The Hall–Kier alpha value is -2.59. The number of ether oxygens (including phenoxy) is 12. The van der Waals surface area contributed by atoms with E-state index in [1.54, 1.807) is 6.92 Å². The van der Waals surface area contributed by atoms with Crippen LogP contribution < -0.4 is 5.32 Å². The fraction of sp³-hybridized carbons (Fsp3) is 0.935. The summed E-state index contributed by atoms with van der Waals surface area (Å²) in [7, 11) is 0. The second-order valence-electron chi connectivity index (χ2n) is 20.1. The third-order valence-corrected chi connectivity index (χ3v) is 14.6. The molecule has 20 N–H and O–H groups in total. The Morgan fingerprint density at radius 3 is 1.10 bits per heavy atom. The van der Waals surface area contributed by atoms with Crippen LogP contribution in [0.4, 0.5) is 0 Å². The van der Waals surface area contributed by atoms with Gasteiger partial charge in [-0.2, -0.15) is 0 Å². The van der Waals surface area contributed by atoms with Crippen molar-refractivity contribution in [2.24, 2.45) is 0 Å². The van der Waals surface area contributed by atoms with Crippen molar-refractivity contribution in [1.82, 2.24) is 5.32 Å². The van der Waals surface area contributed by atoms with Crippen molar-refractivity contribution in [1.29, 1.82) is 0 Å². The van der Waals surface area contributed by atoms with Crippen LogP contribution in [0, 0.1) is 0 Å². The number of hydrogen-bond acceptors (Lipinski definition) is 33. The molecule has 6 saturated heterocycles. The summed E-state index contributed by atoms with van der Waals surface area (Å²) in [5.74, 6) is -2.16. The van der Waals surface area contributed by atoms with E-state index >= 15 is 0 Å². The fourth-order valence-corrected chi connectivity index (χ4v) is 9.85. The minimum Gasteiger partial charge on any atom is -0.479 e. The van der Waals surface area contributed by atoms with Gasteiger partial charge in [0.25, 0.3) is 0 Å². The zero-order chi connectivity index (χ0) is 59.7. The van der Waals surface area contributed by atoms with Gasteiger partial charge >= 0.3 is 5.97 Å². The molecule has 0 saturated carbocycles. The summed E-state index contributed by atoms with van der Waals surface area (Å²) >= 11 is 0. The van der Waals surface area contributed by atoms with E-state index in [-0.39, 0.29) is 31.3 Å². The Balaban J connectivity index is 1.02. The summed E-state index contributed by atoms with van der Waals surface area (Å²) in [5.41, 5.74) is 0. The van der Waals surface area contributed by atoms with Crippen LogP contribution in [-0.2, 0) is 71.2 Å². The Bertz CT molecular complexity index is 1940. The van der Waals surface area contributed by atoms with Crippen LogP contribution in [0.2, 0.25) is 0 Å². The summed E-state index contributed by atoms with van der Waals surface area (Å²) in [6, 6.07) is 0. The second-order valence-corrected chi connectivity index (χ2v) is 20.1. The molecule has 6 aliphatic rings. The number of aliphatic hydroxyl groups excluding tert-OH is 18. The average molecular weight is 1190 g/mol. The van der Waals surface area contributed by atoms with Crippen molar-refractivity contribution >= 4 is 17.7 Å². The van der Waals surface area contributed by atoms with E-state index in [0.29, 0.717) is 25.7 Å². The molecule has 0 spiro atoms. The van der Waals surface area contributed by atoms with E-state index in [1.807, 2.05) is 0 Å². The summed E-state index contributed by atoms with van der Waals surface area (Å²) in [5, 5.41) is 205. The highest BCUT2D eigenvalue weighted by Crippen LogP contribution is 2.37. The van der Waals surface area contributed by atoms with Crippen LogP contribution in [0.3, 0.4) is 0 Å². The first-order chi connectivity index (χ1) is 38.5. The molecular weight excluding hydrogens is 1110 g/mol. The van der Waals surface area contributed by atoms with Crippen LogP contribution in [0.5, 0.6) is 0 Å². The quantitative estimate of drug-likeness (QED) is 0.0358. The van der Waals surface area contributed by atoms with Gasteiger partial charge in [-0.25, -0.2) is 4.79 Å². The van der Waals surface area contributed by atoms with E-state index in [1.165, 1.54) is 0 Å². The van der Waals surface area contributed by atoms with Gasteiger partial charge < -0.3 is 159 Å². The van der Waals surface area contributed by atoms with E-state index in [2.05, 4.69) is 5.32 Å². The van der Waals surface area contributed by atoms with Crippen LogP contribution in [0.1, 0.15) is 39.0 Å². The number of carboxylic acids is 1. The maximum atomic E-state index is 12.6. The second kappa shape index (κ2) is 30.7. The molecule has 0 aliphatic carbocycles. The monoisotopic (exact) mass is 1190 g/mol. The molecule has 35 nitrogen and oxygen atoms in total. The molecule has 35 heteroatoms. The topological polar surface area (TPSA) is 558 Å². The van der Waals surface area contributed by atoms with Crippen molar-refractivity contribution in [3.63, 3.8) is 0 Å². The Labute approximate surface area is 460 Å². The van der Waals surface area contributed by atoms with Gasteiger partial charge in [0.2, 0.25) is 5.91 Å². The van der Waals surface area contributed by atoms with Gasteiger partial charge in [-0.1, -0.05) is 6.92 Å². The molecule has 0 aromatic rings. The third kappa shape index (κ3) is 15.7. The standard InChI is InChI=1S/C46H77NO34/c1-2-14(53)5-3-4-6-20(54)47-7-8-70-41-29(63)23(57)34(16(10-49)72-41)77-43-30(64)24(58)36(17(11-50)73-43)78-44-31(65)25(59)37(19(13-52)74-44)79-46-33(67)27(61)38(39(81-46)40(68)69)80-45-32(66)26(60)35(18(12-51)75-45)76-42-28(62)22(56)21(55)15(9-48)71-42/h15-19,21-39,41-46,48-52,55-67H,2-13H2,1H3,(H,47,54)(H,68,69)/t15?,16?,17?,18?,19?,21-,22+,23-,24-,25-,26-,27-,28?,29?,30?,31?,32?,33?,34+,35+,36-,37-,38+,39?,41+,42-,43-,44+,45-,46-/m1/s1. The summed E-state index contributed by atoms with van der Waals surface area (Å²) in [6.07, 6.45) is -57.7. The van der Waals surface area contributed by atoms with Crippen LogP contribution >= 0.6 is 0 Å². The number of carbonyl (C=O) groups is 3. The lowest BCUT2D eigenvalue weighted by Gasteiger charge is -2.49.